The van der Waals surface area contributed by atoms with Crippen LogP contribution in [0.25, 0.3) is 0 Å². The Morgan fingerprint density at radius 1 is 1.40 bits per heavy atom. The summed E-state index contributed by atoms with van der Waals surface area (Å²) in [6.07, 6.45) is 2.61. The van der Waals surface area contributed by atoms with Crippen LogP contribution in [0.2, 0.25) is 0 Å². The largest absolute Gasteiger partial charge is 0.327 e. The van der Waals surface area contributed by atoms with Crippen LogP contribution in [0.3, 0.4) is 0 Å². The predicted molar refractivity (Wildman–Crippen MR) is 63.8 cm³/mol. The molecule has 3 heteroatoms. The van der Waals surface area contributed by atoms with Crippen molar-refractivity contribution >= 4 is 11.3 Å². The van der Waals surface area contributed by atoms with Crippen LogP contribution in [0.5, 0.6) is 0 Å². The van der Waals surface area contributed by atoms with E-state index in [9.17, 15) is 0 Å². The van der Waals surface area contributed by atoms with Gasteiger partial charge in [-0.15, -0.1) is 11.3 Å². The number of fused-ring (bicyclic) bond motifs is 1. The van der Waals surface area contributed by atoms with Crippen molar-refractivity contribution in [1.29, 1.82) is 0 Å². The van der Waals surface area contributed by atoms with Crippen LogP contribution >= 0.6 is 11.3 Å². The predicted octanol–water partition coefficient (Wildman–Crippen LogP) is 1.92. The van der Waals surface area contributed by atoms with Crippen molar-refractivity contribution in [3.05, 3.63) is 22.4 Å². The fourth-order valence-electron chi connectivity index (χ4n) is 3.15. The average molecular weight is 222 g/mol. The number of thiophene rings is 1. The van der Waals surface area contributed by atoms with Crippen molar-refractivity contribution in [2.45, 2.75) is 25.4 Å². The Bertz CT molecular complexity index is 322. The summed E-state index contributed by atoms with van der Waals surface area (Å²) in [5.74, 6) is 1.67. The van der Waals surface area contributed by atoms with E-state index < -0.39 is 0 Å². The molecule has 3 atom stereocenters. The molecular formula is C12H18N2S. The number of rotatable bonds is 2. The van der Waals surface area contributed by atoms with Crippen molar-refractivity contribution in [3.8, 4) is 0 Å². The molecule has 2 fully saturated rings. The Kier molecular flexibility index (Phi) is 2.54. The highest BCUT2D eigenvalue weighted by molar-refractivity contribution is 7.09. The van der Waals surface area contributed by atoms with Crippen molar-refractivity contribution in [1.82, 2.24) is 4.90 Å². The highest BCUT2D eigenvalue weighted by atomic mass is 32.1. The minimum Gasteiger partial charge on any atom is -0.327 e. The molecule has 2 nitrogen and oxygen atoms in total. The summed E-state index contributed by atoms with van der Waals surface area (Å²) < 4.78 is 0. The van der Waals surface area contributed by atoms with Crippen LogP contribution in [0.1, 0.15) is 17.7 Å². The van der Waals surface area contributed by atoms with Crippen molar-refractivity contribution < 1.29 is 0 Å². The average Bonchev–Trinajstić information content (AvgIpc) is 2.88. The van der Waals surface area contributed by atoms with E-state index >= 15 is 0 Å². The Balaban J connectivity index is 1.62. The van der Waals surface area contributed by atoms with E-state index in [4.69, 9.17) is 5.73 Å². The second kappa shape index (κ2) is 3.89. The van der Waals surface area contributed by atoms with Gasteiger partial charge in [0.2, 0.25) is 0 Å². The van der Waals surface area contributed by atoms with Gasteiger partial charge in [0.1, 0.15) is 0 Å². The number of hydrogen-bond acceptors (Lipinski definition) is 3. The summed E-state index contributed by atoms with van der Waals surface area (Å²) in [5, 5.41) is 2.16. The topological polar surface area (TPSA) is 29.3 Å². The molecule has 1 saturated carbocycles. The van der Waals surface area contributed by atoms with Gasteiger partial charge in [-0.1, -0.05) is 6.07 Å². The highest BCUT2D eigenvalue weighted by Gasteiger charge is 2.40. The maximum atomic E-state index is 6.13. The maximum Gasteiger partial charge on any atom is 0.0328 e. The summed E-state index contributed by atoms with van der Waals surface area (Å²) >= 11 is 1.87. The van der Waals surface area contributed by atoms with Gasteiger partial charge >= 0.3 is 0 Å². The van der Waals surface area contributed by atoms with E-state index in [1.54, 1.807) is 0 Å². The summed E-state index contributed by atoms with van der Waals surface area (Å²) in [6, 6.07) is 4.85. The molecule has 0 amide bonds. The highest BCUT2D eigenvalue weighted by Crippen LogP contribution is 2.37. The zero-order valence-corrected chi connectivity index (χ0v) is 9.75. The van der Waals surface area contributed by atoms with E-state index in [1.165, 1.54) is 30.8 Å². The molecule has 1 aromatic rings. The number of likely N-dealkylation sites (tertiary alicyclic amines) is 1. The van der Waals surface area contributed by atoms with Crippen molar-refractivity contribution in [2.75, 3.05) is 13.1 Å². The molecule has 0 bridgehead atoms. The van der Waals surface area contributed by atoms with Crippen molar-refractivity contribution in [3.63, 3.8) is 0 Å². The van der Waals surface area contributed by atoms with E-state index in [2.05, 4.69) is 22.4 Å². The van der Waals surface area contributed by atoms with Crippen LogP contribution in [0.4, 0.5) is 0 Å². The molecule has 0 spiro atoms. The summed E-state index contributed by atoms with van der Waals surface area (Å²) in [6.45, 7) is 3.64. The van der Waals surface area contributed by atoms with Crippen molar-refractivity contribution in [2.24, 2.45) is 17.6 Å². The molecule has 15 heavy (non-hydrogen) atoms. The lowest BCUT2D eigenvalue weighted by molar-refractivity contribution is 0.301. The standard InChI is InChI=1S/C12H18N2S/c13-12-4-3-9-6-14(8-11(9)12)7-10-2-1-5-15-10/h1-2,5,9,11-12H,3-4,6-8,13H2. The fraction of sp³-hybridized carbons (Fsp3) is 0.667. The van der Waals surface area contributed by atoms with E-state index in [0.717, 1.165) is 18.4 Å². The number of nitrogens with zero attached hydrogens (tertiary/aromatic N) is 1. The zero-order valence-electron chi connectivity index (χ0n) is 8.93. The third-order valence-corrected chi connectivity index (χ3v) is 4.81. The Morgan fingerprint density at radius 2 is 2.33 bits per heavy atom. The molecule has 2 aliphatic rings. The SMILES string of the molecule is NC1CCC2CN(Cc3cccs3)CC12. The molecule has 2 N–H and O–H groups in total. The molecular weight excluding hydrogens is 204 g/mol. The van der Waals surface area contributed by atoms with Crippen LogP contribution in [-0.4, -0.2) is 24.0 Å². The van der Waals surface area contributed by atoms with Gasteiger partial charge in [0, 0.05) is 30.6 Å². The van der Waals surface area contributed by atoms with Gasteiger partial charge in [-0.2, -0.15) is 0 Å². The molecule has 3 rings (SSSR count). The Labute approximate surface area is 95.1 Å². The fourth-order valence-corrected chi connectivity index (χ4v) is 3.90. The summed E-state index contributed by atoms with van der Waals surface area (Å²) in [7, 11) is 0. The first kappa shape index (κ1) is 9.82. The monoisotopic (exact) mass is 222 g/mol. The Hall–Kier alpha value is -0.380. The lowest BCUT2D eigenvalue weighted by Gasteiger charge is -2.17. The Morgan fingerprint density at radius 3 is 3.07 bits per heavy atom. The van der Waals surface area contributed by atoms with Crippen LogP contribution in [0, 0.1) is 11.8 Å². The zero-order chi connectivity index (χ0) is 10.3. The van der Waals surface area contributed by atoms with E-state index in [0.29, 0.717) is 6.04 Å². The van der Waals surface area contributed by atoms with Gasteiger partial charge < -0.3 is 5.73 Å². The minimum atomic E-state index is 0.475. The van der Waals surface area contributed by atoms with Gasteiger partial charge in [0.05, 0.1) is 0 Å². The van der Waals surface area contributed by atoms with Gasteiger partial charge in [0.15, 0.2) is 0 Å². The summed E-state index contributed by atoms with van der Waals surface area (Å²) in [4.78, 5) is 4.07. The lowest BCUT2D eigenvalue weighted by atomic mass is 9.98. The molecule has 0 radical (unpaired) electrons. The maximum absolute atomic E-state index is 6.13. The van der Waals surface area contributed by atoms with Crippen LogP contribution in [-0.2, 0) is 6.54 Å². The smallest absolute Gasteiger partial charge is 0.0328 e. The van der Waals surface area contributed by atoms with Gasteiger partial charge in [-0.25, -0.2) is 0 Å². The second-order valence-electron chi connectivity index (χ2n) is 4.94. The quantitative estimate of drug-likeness (QED) is 0.828. The minimum absolute atomic E-state index is 0.475. The van der Waals surface area contributed by atoms with E-state index in [1.807, 2.05) is 11.3 Å². The van der Waals surface area contributed by atoms with E-state index in [-0.39, 0.29) is 0 Å². The molecule has 1 aromatic heterocycles. The molecule has 1 aliphatic heterocycles. The van der Waals surface area contributed by atoms with Crippen LogP contribution in [0.15, 0.2) is 17.5 Å². The van der Waals surface area contributed by atoms with Gasteiger partial charge in [-0.05, 0) is 36.1 Å². The molecule has 82 valence electrons. The molecule has 1 saturated heterocycles. The third kappa shape index (κ3) is 1.84. The number of nitrogens with two attached hydrogens (primary N) is 1. The third-order valence-electron chi connectivity index (χ3n) is 3.95. The summed E-state index contributed by atoms with van der Waals surface area (Å²) in [5.41, 5.74) is 6.13. The first-order valence-electron chi connectivity index (χ1n) is 5.83. The molecule has 2 heterocycles. The molecule has 1 aliphatic carbocycles. The first-order chi connectivity index (χ1) is 7.33. The molecule has 3 unspecified atom stereocenters. The normalized spacial score (nSPS) is 35.9. The lowest BCUT2D eigenvalue weighted by Crippen LogP contribution is -2.30. The van der Waals surface area contributed by atoms with Gasteiger partial charge in [-0.3, -0.25) is 4.90 Å². The number of hydrogen-bond donors (Lipinski definition) is 1. The van der Waals surface area contributed by atoms with Crippen LogP contribution < -0.4 is 5.73 Å². The first-order valence-corrected chi connectivity index (χ1v) is 6.71. The van der Waals surface area contributed by atoms with Gasteiger partial charge in [0.25, 0.3) is 0 Å². The molecule has 0 aromatic carbocycles. The second-order valence-corrected chi connectivity index (χ2v) is 5.97.